The Kier molecular flexibility index (Phi) is 32.4. The van der Waals surface area contributed by atoms with E-state index in [0.717, 1.165) is 96.0 Å². The van der Waals surface area contributed by atoms with Gasteiger partial charge >= 0.3 is 23.9 Å². The van der Waals surface area contributed by atoms with Crippen molar-refractivity contribution < 1.29 is 121 Å². The summed E-state index contributed by atoms with van der Waals surface area (Å²) in [5, 5.41) is 82.0. The second-order valence-electron chi connectivity index (χ2n) is 26.8. The Morgan fingerprint density at radius 1 is 0.505 bits per heavy atom. The summed E-state index contributed by atoms with van der Waals surface area (Å²) in [4.78, 5) is 55.6. The minimum Gasteiger partial charge on any atom is -0.455 e. The molecule has 0 aromatic heterocycles. The van der Waals surface area contributed by atoms with Crippen LogP contribution in [0.3, 0.4) is 0 Å². The Morgan fingerprint density at radius 2 is 1.06 bits per heavy atom. The summed E-state index contributed by atoms with van der Waals surface area (Å²) < 4.78 is 89.6. The Hall–Kier alpha value is -3.84. The van der Waals surface area contributed by atoms with Gasteiger partial charge in [0.1, 0.15) is 67.1 Å². The summed E-state index contributed by atoms with van der Waals surface area (Å²) in [7, 11) is 0. The molecular weight excluding hydrogens is 1240 g/mol. The maximum absolute atomic E-state index is 14.5. The molecule has 6 saturated heterocycles. The molecule has 27 atom stereocenters. The van der Waals surface area contributed by atoms with Gasteiger partial charge in [-0.2, -0.15) is 0 Å². The lowest BCUT2D eigenvalue weighted by molar-refractivity contribution is -0.399. The third-order valence-electron chi connectivity index (χ3n) is 19.1. The fraction of sp³-hybridized carbons (Fsp3) is 0.829. The average molecular weight is 1350 g/mol. The van der Waals surface area contributed by atoms with E-state index >= 15 is 0 Å². The molecule has 0 amide bonds. The first-order chi connectivity index (χ1) is 45.5. The standard InChI is InChI=1S/C70H112O25/c1-10-13-15-16-18-22-30-36-48(72)90-64-63(95-66-54(78)52(76)50(74)40(5)82-66)59(93-67-56(80)60(58(43(8)84-67)91-65(81)39(4)12-3)88-49(73)38-37-45-31-26-24-27-32-45)44(9)86-70(64)92-57-42(7)85-69-62(55(57)79)89-47(71)35-29-23-20-17-19-21-28-34-46(33-25-14-11-2)87-68-61(94-69)53(77)51(75)41(6)83-68/h24,26-27,31-32,37-44,46,50-64,66-70,74-80H,10-23,25,28-30,33-36H2,1-9H3. The van der Waals surface area contributed by atoms with Gasteiger partial charge in [-0.3, -0.25) is 14.4 Å². The SMILES string of the molecule is CCCCCCCCCC(=O)OC1C(OC2C(C)OC3OC4C(OC(CCCCC)CCCCCCCCCC(=O)OC3C2O)OC(C)C(O)C4O)OC(C)C(OC2OC(C)C(OC(=O)C(C)CC)C(OC(=O)C=Cc3ccccc3)C2O)C1OC1OC(C)C(O)C(O)C1O. The van der Waals surface area contributed by atoms with E-state index < -0.39 is 183 Å². The van der Waals surface area contributed by atoms with E-state index in [9.17, 15) is 54.9 Å². The van der Waals surface area contributed by atoms with E-state index in [-0.39, 0.29) is 18.9 Å². The van der Waals surface area contributed by atoms with Crippen molar-refractivity contribution in [2.75, 3.05) is 0 Å². The Morgan fingerprint density at radius 3 is 1.77 bits per heavy atom. The van der Waals surface area contributed by atoms with E-state index in [2.05, 4.69) is 13.8 Å². The smallest absolute Gasteiger partial charge is 0.331 e. The monoisotopic (exact) mass is 1350 g/mol. The van der Waals surface area contributed by atoms with Crippen molar-refractivity contribution >= 4 is 30.0 Å². The lowest BCUT2D eigenvalue weighted by atomic mass is 9.95. The summed E-state index contributed by atoms with van der Waals surface area (Å²) in [6, 6.07) is 8.89. The highest BCUT2D eigenvalue weighted by atomic mass is 16.8. The van der Waals surface area contributed by atoms with Crippen LogP contribution in [0.15, 0.2) is 36.4 Å². The molecule has 1 aromatic rings. The third kappa shape index (κ3) is 22.3. The Bertz CT molecular complexity index is 2460. The largest absolute Gasteiger partial charge is 0.455 e. The lowest BCUT2D eigenvalue weighted by Crippen LogP contribution is -2.68. The van der Waals surface area contributed by atoms with E-state index in [1.165, 1.54) is 33.8 Å². The Labute approximate surface area is 560 Å². The van der Waals surface area contributed by atoms with Gasteiger partial charge in [-0.15, -0.1) is 0 Å². The predicted molar refractivity (Wildman–Crippen MR) is 341 cm³/mol. The number of hydrogen-bond donors (Lipinski definition) is 7. The van der Waals surface area contributed by atoms with Crippen LogP contribution in [0.25, 0.3) is 6.08 Å². The number of rotatable bonds is 25. The molecule has 6 fully saturated rings. The van der Waals surface area contributed by atoms with Crippen LogP contribution in [0.1, 0.15) is 209 Å². The number of aliphatic hydroxyl groups is 7. The minimum absolute atomic E-state index is 0.0377. The third-order valence-corrected chi connectivity index (χ3v) is 19.1. The maximum atomic E-state index is 14.5. The van der Waals surface area contributed by atoms with Crippen LogP contribution in [-0.2, 0) is 85.5 Å². The molecule has 6 aliphatic heterocycles. The second-order valence-corrected chi connectivity index (χ2v) is 26.8. The summed E-state index contributed by atoms with van der Waals surface area (Å²) in [5.74, 6) is -3.63. The molecule has 27 unspecified atom stereocenters. The Balaban J connectivity index is 1.25. The molecule has 542 valence electrons. The zero-order chi connectivity index (χ0) is 68.9. The number of ether oxygens (including phenoxy) is 14. The summed E-state index contributed by atoms with van der Waals surface area (Å²) in [6.45, 7) is 15.3. The van der Waals surface area contributed by atoms with E-state index in [1.54, 1.807) is 45.0 Å². The van der Waals surface area contributed by atoms with Crippen LogP contribution >= 0.6 is 0 Å². The fourth-order valence-corrected chi connectivity index (χ4v) is 13.0. The molecular formula is C70H112O25. The van der Waals surface area contributed by atoms with E-state index in [4.69, 9.17) is 66.3 Å². The van der Waals surface area contributed by atoms with Crippen molar-refractivity contribution in [2.45, 2.75) is 363 Å². The number of benzene rings is 1. The van der Waals surface area contributed by atoms with Crippen molar-refractivity contribution in [1.29, 1.82) is 0 Å². The van der Waals surface area contributed by atoms with Gasteiger partial charge in [-0.25, -0.2) is 4.79 Å². The summed E-state index contributed by atoms with van der Waals surface area (Å²) in [6.07, 6.45) is -20.0. The van der Waals surface area contributed by atoms with Crippen LogP contribution < -0.4 is 0 Å². The van der Waals surface area contributed by atoms with Crippen molar-refractivity contribution in [3.05, 3.63) is 42.0 Å². The average Bonchev–Trinajstić information content (AvgIpc) is 0.770. The molecule has 0 spiro atoms. The van der Waals surface area contributed by atoms with Gasteiger partial charge < -0.3 is 102 Å². The molecule has 7 N–H and O–H groups in total. The van der Waals surface area contributed by atoms with Crippen molar-refractivity contribution in [3.8, 4) is 0 Å². The predicted octanol–water partition coefficient (Wildman–Crippen LogP) is 6.81. The lowest BCUT2D eigenvalue weighted by Gasteiger charge is -2.51. The van der Waals surface area contributed by atoms with Crippen LogP contribution in [0.5, 0.6) is 0 Å². The zero-order valence-corrected chi connectivity index (χ0v) is 57.2. The van der Waals surface area contributed by atoms with Gasteiger partial charge in [0.25, 0.3) is 0 Å². The normalized spacial score (nSPS) is 39.1. The molecule has 25 nitrogen and oxygen atoms in total. The van der Waals surface area contributed by atoms with Gasteiger partial charge in [0.2, 0.25) is 0 Å². The molecule has 95 heavy (non-hydrogen) atoms. The number of unbranched alkanes of at least 4 members (excludes halogenated alkanes) is 8. The van der Waals surface area contributed by atoms with E-state index in [1.807, 2.05) is 6.07 Å². The number of esters is 4. The zero-order valence-electron chi connectivity index (χ0n) is 57.2. The molecule has 0 aliphatic carbocycles. The van der Waals surface area contributed by atoms with Crippen molar-refractivity contribution in [2.24, 2.45) is 5.92 Å². The molecule has 7 rings (SSSR count). The number of carbonyl (C=O) groups excluding carboxylic acids is 4. The summed E-state index contributed by atoms with van der Waals surface area (Å²) in [5.41, 5.74) is 0.665. The highest BCUT2D eigenvalue weighted by Gasteiger charge is 2.59. The van der Waals surface area contributed by atoms with Crippen molar-refractivity contribution in [3.63, 3.8) is 0 Å². The van der Waals surface area contributed by atoms with Crippen LogP contribution in [0.4, 0.5) is 0 Å². The number of aliphatic hydroxyl groups excluding tert-OH is 7. The maximum Gasteiger partial charge on any atom is 0.331 e. The van der Waals surface area contributed by atoms with Gasteiger partial charge in [0, 0.05) is 18.9 Å². The molecule has 6 aliphatic rings. The molecule has 25 heteroatoms. The fourth-order valence-electron chi connectivity index (χ4n) is 13.0. The minimum atomic E-state index is -1.94. The quantitative estimate of drug-likeness (QED) is 0.0229. The summed E-state index contributed by atoms with van der Waals surface area (Å²) >= 11 is 0. The van der Waals surface area contributed by atoms with Gasteiger partial charge in [-0.1, -0.05) is 154 Å². The van der Waals surface area contributed by atoms with Gasteiger partial charge in [-0.05, 0) is 78.4 Å². The number of hydrogen-bond acceptors (Lipinski definition) is 25. The first kappa shape index (κ1) is 78.5. The van der Waals surface area contributed by atoms with Crippen LogP contribution in [-0.4, -0.2) is 219 Å². The highest BCUT2D eigenvalue weighted by molar-refractivity contribution is 5.87. The van der Waals surface area contributed by atoms with Crippen LogP contribution in [0.2, 0.25) is 0 Å². The first-order valence-electron chi connectivity index (χ1n) is 35.4. The topological polar surface area (TPSA) is 339 Å². The second kappa shape index (κ2) is 39.2. The van der Waals surface area contributed by atoms with E-state index in [0.29, 0.717) is 44.1 Å². The van der Waals surface area contributed by atoms with Gasteiger partial charge in [0.15, 0.2) is 55.9 Å². The molecule has 6 heterocycles. The van der Waals surface area contributed by atoms with Crippen molar-refractivity contribution in [1.82, 2.24) is 0 Å². The molecule has 0 radical (unpaired) electrons. The molecule has 0 saturated carbocycles. The molecule has 1 aromatic carbocycles. The van der Waals surface area contributed by atoms with Gasteiger partial charge in [0.05, 0.1) is 42.5 Å². The number of fused-ring (bicyclic) bond motifs is 2. The molecule has 0 bridgehead atoms. The highest BCUT2D eigenvalue weighted by Crippen LogP contribution is 2.40. The first-order valence-corrected chi connectivity index (χ1v) is 35.4. The van der Waals surface area contributed by atoms with Crippen LogP contribution in [0, 0.1) is 5.92 Å². The number of carbonyl (C=O) groups is 4.